The summed E-state index contributed by atoms with van der Waals surface area (Å²) in [7, 11) is 0. The number of benzene rings is 1. The van der Waals surface area contributed by atoms with E-state index in [1.165, 1.54) is 12.1 Å². The van der Waals surface area contributed by atoms with Crippen molar-refractivity contribution in [3.8, 4) is 5.75 Å². The first-order chi connectivity index (χ1) is 9.85. The summed E-state index contributed by atoms with van der Waals surface area (Å²) in [5, 5.41) is 2.70. The van der Waals surface area contributed by atoms with E-state index in [-0.39, 0.29) is 23.9 Å². The minimum atomic E-state index is -4.78. The monoisotopic (exact) mass is 366 g/mol. The first-order valence-corrected chi connectivity index (χ1v) is 7.21. The molecule has 0 bridgehead atoms. The van der Waals surface area contributed by atoms with Gasteiger partial charge in [0.2, 0.25) is 5.91 Å². The number of alkyl halides is 3. The molecule has 1 heterocycles. The number of anilines is 1. The predicted molar refractivity (Wildman–Crippen MR) is 75.1 cm³/mol. The van der Waals surface area contributed by atoms with E-state index in [4.69, 9.17) is 0 Å². The Morgan fingerprint density at radius 3 is 2.62 bits per heavy atom. The molecule has 116 valence electrons. The summed E-state index contributed by atoms with van der Waals surface area (Å²) in [6, 6.07) is 4.21. The number of nitrogens with zero attached hydrogens (tertiary/aromatic N) is 1. The highest BCUT2D eigenvalue weighted by Gasteiger charge is 2.32. The van der Waals surface area contributed by atoms with Gasteiger partial charge in [-0.25, -0.2) is 0 Å². The van der Waals surface area contributed by atoms with E-state index >= 15 is 0 Å². The average molecular weight is 367 g/mol. The van der Waals surface area contributed by atoms with Crippen LogP contribution in [-0.2, 0) is 4.79 Å². The third kappa shape index (κ3) is 4.80. The van der Waals surface area contributed by atoms with Gasteiger partial charge in [-0.3, -0.25) is 4.79 Å². The number of ether oxygens (including phenoxy) is 1. The van der Waals surface area contributed by atoms with Gasteiger partial charge < -0.3 is 15.0 Å². The van der Waals surface area contributed by atoms with E-state index in [0.29, 0.717) is 17.6 Å². The summed E-state index contributed by atoms with van der Waals surface area (Å²) in [5.41, 5.74) is 0.128. The van der Waals surface area contributed by atoms with Crippen molar-refractivity contribution in [1.29, 1.82) is 0 Å². The summed E-state index contributed by atoms with van der Waals surface area (Å²) in [6.45, 7) is 1.34. The number of amides is 1. The van der Waals surface area contributed by atoms with Gasteiger partial charge in [0, 0.05) is 17.6 Å². The third-order valence-corrected chi connectivity index (χ3v) is 3.55. The van der Waals surface area contributed by atoms with Crippen molar-refractivity contribution in [3.05, 3.63) is 22.7 Å². The molecule has 0 aliphatic carbocycles. The topological polar surface area (TPSA) is 41.6 Å². The lowest BCUT2D eigenvalue weighted by molar-refractivity contribution is -0.274. The summed E-state index contributed by atoms with van der Waals surface area (Å²) < 4.78 is 41.5. The van der Waals surface area contributed by atoms with Crippen molar-refractivity contribution in [2.45, 2.75) is 19.2 Å². The molecule has 1 fully saturated rings. The maximum absolute atomic E-state index is 12.4. The lowest BCUT2D eigenvalue weighted by Crippen LogP contribution is -2.33. The molecule has 0 atom stereocenters. The molecule has 1 aromatic rings. The highest BCUT2D eigenvalue weighted by atomic mass is 79.9. The molecule has 0 radical (unpaired) electrons. The Labute approximate surface area is 128 Å². The minimum Gasteiger partial charge on any atom is -0.404 e. The molecule has 1 saturated heterocycles. The number of nitrogens with one attached hydrogen (secondary N) is 1. The van der Waals surface area contributed by atoms with Crippen LogP contribution in [0.15, 0.2) is 22.7 Å². The van der Waals surface area contributed by atoms with Crippen LogP contribution in [0.1, 0.15) is 12.8 Å². The Bertz CT molecular complexity index is 517. The first kappa shape index (κ1) is 15.9. The molecule has 0 aromatic heterocycles. The van der Waals surface area contributed by atoms with Crippen molar-refractivity contribution in [1.82, 2.24) is 4.90 Å². The van der Waals surface area contributed by atoms with Crippen LogP contribution < -0.4 is 10.1 Å². The molecular formula is C13H14BrF3N2O2. The molecule has 4 nitrogen and oxygen atoms in total. The van der Waals surface area contributed by atoms with Crippen LogP contribution in [0.3, 0.4) is 0 Å². The van der Waals surface area contributed by atoms with Crippen LogP contribution in [-0.4, -0.2) is 36.8 Å². The van der Waals surface area contributed by atoms with Crippen LogP contribution in [0.4, 0.5) is 18.9 Å². The van der Waals surface area contributed by atoms with Crippen molar-refractivity contribution >= 4 is 27.5 Å². The van der Waals surface area contributed by atoms with Gasteiger partial charge in [-0.15, -0.1) is 13.2 Å². The van der Waals surface area contributed by atoms with Gasteiger partial charge >= 0.3 is 6.36 Å². The van der Waals surface area contributed by atoms with Crippen LogP contribution in [0.2, 0.25) is 0 Å². The number of halogens is 4. The van der Waals surface area contributed by atoms with Crippen molar-refractivity contribution in [2.75, 3.05) is 25.0 Å². The standard InChI is InChI=1S/C13H14BrF3N2O2/c14-9-3-4-10(11(7-9)21-13(15,16)17)18-8-12(20)19-5-1-2-6-19/h3-4,7,18H,1-2,5-6,8H2. The summed E-state index contributed by atoms with van der Waals surface area (Å²) in [5.74, 6) is -0.500. The first-order valence-electron chi connectivity index (χ1n) is 6.42. The zero-order valence-electron chi connectivity index (χ0n) is 11.0. The minimum absolute atomic E-state index is 0.0597. The molecule has 1 N–H and O–H groups in total. The van der Waals surface area contributed by atoms with Gasteiger partial charge in [0.05, 0.1) is 12.2 Å². The second-order valence-electron chi connectivity index (χ2n) is 4.63. The Balaban J connectivity index is 2.03. The summed E-state index contributed by atoms with van der Waals surface area (Å²) in [6.07, 6.45) is -2.85. The van der Waals surface area contributed by atoms with Crippen molar-refractivity contribution in [3.63, 3.8) is 0 Å². The van der Waals surface area contributed by atoms with Gasteiger partial charge in [0.1, 0.15) is 0 Å². The number of carbonyl (C=O) groups is 1. The van der Waals surface area contributed by atoms with Crippen molar-refractivity contribution < 1.29 is 22.7 Å². The molecule has 2 rings (SSSR count). The fourth-order valence-corrected chi connectivity index (χ4v) is 2.44. The SMILES string of the molecule is O=C(CNc1ccc(Br)cc1OC(F)(F)F)N1CCCC1. The van der Waals surface area contributed by atoms with E-state index in [1.54, 1.807) is 11.0 Å². The highest BCUT2D eigenvalue weighted by Crippen LogP contribution is 2.32. The number of rotatable bonds is 4. The van der Waals surface area contributed by atoms with E-state index < -0.39 is 6.36 Å². The Hall–Kier alpha value is -1.44. The zero-order chi connectivity index (χ0) is 15.5. The number of hydrogen-bond donors (Lipinski definition) is 1. The van der Waals surface area contributed by atoms with Gasteiger partial charge in [-0.1, -0.05) is 15.9 Å². The molecule has 21 heavy (non-hydrogen) atoms. The van der Waals surface area contributed by atoms with Gasteiger partial charge in [-0.05, 0) is 31.0 Å². The lowest BCUT2D eigenvalue weighted by Gasteiger charge is -2.18. The molecular weight excluding hydrogens is 353 g/mol. The fraction of sp³-hybridized carbons (Fsp3) is 0.462. The highest BCUT2D eigenvalue weighted by molar-refractivity contribution is 9.10. The van der Waals surface area contributed by atoms with Crippen LogP contribution in [0.5, 0.6) is 5.75 Å². The lowest BCUT2D eigenvalue weighted by atomic mass is 10.3. The zero-order valence-corrected chi connectivity index (χ0v) is 12.6. The van der Waals surface area contributed by atoms with Crippen molar-refractivity contribution in [2.24, 2.45) is 0 Å². The Kier molecular flexibility index (Phi) is 4.97. The molecule has 0 spiro atoms. The molecule has 1 amide bonds. The van der Waals surface area contributed by atoms with Gasteiger partial charge in [0.25, 0.3) is 0 Å². The quantitative estimate of drug-likeness (QED) is 0.887. The Morgan fingerprint density at radius 2 is 2.00 bits per heavy atom. The molecule has 0 saturated carbocycles. The summed E-state index contributed by atoms with van der Waals surface area (Å²) >= 11 is 3.09. The maximum Gasteiger partial charge on any atom is 0.573 e. The van der Waals surface area contributed by atoms with Crippen LogP contribution in [0, 0.1) is 0 Å². The van der Waals surface area contributed by atoms with E-state index in [9.17, 15) is 18.0 Å². The fourth-order valence-electron chi connectivity index (χ4n) is 2.10. The molecule has 8 heteroatoms. The average Bonchev–Trinajstić information content (AvgIpc) is 2.89. The van der Waals surface area contributed by atoms with Crippen LogP contribution in [0.25, 0.3) is 0 Å². The van der Waals surface area contributed by atoms with Crippen LogP contribution >= 0.6 is 15.9 Å². The molecule has 1 aromatic carbocycles. The van der Waals surface area contributed by atoms with E-state index in [0.717, 1.165) is 12.8 Å². The second kappa shape index (κ2) is 6.55. The third-order valence-electron chi connectivity index (χ3n) is 3.06. The maximum atomic E-state index is 12.4. The molecule has 1 aliphatic rings. The van der Waals surface area contributed by atoms with E-state index in [1.807, 2.05) is 0 Å². The smallest absolute Gasteiger partial charge is 0.404 e. The van der Waals surface area contributed by atoms with Gasteiger partial charge in [-0.2, -0.15) is 0 Å². The van der Waals surface area contributed by atoms with Gasteiger partial charge in [0.15, 0.2) is 5.75 Å². The molecule has 1 aliphatic heterocycles. The Morgan fingerprint density at radius 1 is 1.33 bits per heavy atom. The second-order valence-corrected chi connectivity index (χ2v) is 5.55. The molecule has 0 unspecified atom stereocenters. The predicted octanol–water partition coefficient (Wildman–Crippen LogP) is 3.38. The van der Waals surface area contributed by atoms with E-state index in [2.05, 4.69) is 26.0 Å². The normalized spacial score (nSPS) is 15.1. The number of hydrogen-bond acceptors (Lipinski definition) is 3. The summed E-state index contributed by atoms with van der Waals surface area (Å²) in [4.78, 5) is 13.6. The number of likely N-dealkylation sites (tertiary alicyclic amines) is 1. The largest absolute Gasteiger partial charge is 0.573 e. The number of carbonyl (C=O) groups excluding carboxylic acids is 1.